The van der Waals surface area contributed by atoms with Gasteiger partial charge in [-0.05, 0) is 42.8 Å². The first kappa shape index (κ1) is 17.9. The van der Waals surface area contributed by atoms with Crippen LogP contribution in [-0.4, -0.2) is 33.9 Å². The molecule has 0 bridgehead atoms. The lowest BCUT2D eigenvalue weighted by molar-refractivity contribution is -0.310. The normalized spacial score (nSPS) is 15.5. The molecule has 1 aliphatic rings. The van der Waals surface area contributed by atoms with Gasteiger partial charge in [-0.3, -0.25) is 9.56 Å². The smallest absolute Gasteiger partial charge is 0.211 e. The molecule has 1 aromatic carbocycles. The molecule has 5 nitrogen and oxygen atoms in total. The fourth-order valence-electron chi connectivity index (χ4n) is 2.64. The summed E-state index contributed by atoms with van der Waals surface area (Å²) in [6, 6.07) is 6.71. The van der Waals surface area contributed by atoms with Crippen molar-refractivity contribution in [2.24, 2.45) is 4.99 Å². The quantitative estimate of drug-likeness (QED) is 0.765. The van der Waals surface area contributed by atoms with E-state index in [-0.39, 0.29) is 5.88 Å². The summed E-state index contributed by atoms with van der Waals surface area (Å²) >= 11 is 7.99. The van der Waals surface area contributed by atoms with E-state index >= 15 is 0 Å². The van der Waals surface area contributed by atoms with E-state index in [1.54, 1.807) is 12.3 Å². The summed E-state index contributed by atoms with van der Waals surface area (Å²) in [6.45, 7) is 0. The number of aliphatic carboxylic acids is 1. The van der Waals surface area contributed by atoms with Crippen molar-refractivity contribution < 1.29 is 15.0 Å². The van der Waals surface area contributed by atoms with Crippen LogP contribution in [0.5, 0.6) is 5.88 Å². The summed E-state index contributed by atoms with van der Waals surface area (Å²) in [5.74, 6) is -0.757. The molecule has 1 N–H and O–H groups in total. The molecule has 0 fully saturated rings. The van der Waals surface area contributed by atoms with Gasteiger partial charge in [0, 0.05) is 17.4 Å². The molecule has 0 spiro atoms. The highest BCUT2D eigenvalue weighted by molar-refractivity contribution is 7.98. The van der Waals surface area contributed by atoms with Crippen LogP contribution in [0.15, 0.2) is 29.3 Å². The van der Waals surface area contributed by atoms with E-state index < -0.39 is 12.0 Å². The summed E-state index contributed by atoms with van der Waals surface area (Å²) in [5.41, 5.74) is 2.68. The van der Waals surface area contributed by atoms with Crippen LogP contribution >= 0.6 is 35.3 Å². The Morgan fingerprint density at radius 2 is 2.28 bits per heavy atom. The van der Waals surface area contributed by atoms with Gasteiger partial charge in [-0.2, -0.15) is 11.8 Å². The maximum Gasteiger partial charge on any atom is 0.211 e. The SMILES string of the molecule is CSCC[C@@H](C(=O)[O-])n1c(O)c(/C=C2\C=Nc3ccccc32)sc1=S. The van der Waals surface area contributed by atoms with Gasteiger partial charge in [-0.25, -0.2) is 0 Å². The lowest BCUT2D eigenvalue weighted by Gasteiger charge is -2.20. The van der Waals surface area contributed by atoms with Crippen LogP contribution in [-0.2, 0) is 4.79 Å². The van der Waals surface area contributed by atoms with Gasteiger partial charge in [0.25, 0.3) is 0 Å². The van der Waals surface area contributed by atoms with E-state index in [0.29, 0.717) is 21.0 Å². The van der Waals surface area contributed by atoms with Crippen molar-refractivity contribution in [1.82, 2.24) is 4.57 Å². The maximum atomic E-state index is 11.5. The van der Waals surface area contributed by atoms with E-state index in [9.17, 15) is 15.0 Å². The molecule has 2 heterocycles. The number of nitrogens with zero attached hydrogens (tertiary/aromatic N) is 2. The number of thioether (sulfide) groups is 1. The highest BCUT2D eigenvalue weighted by Gasteiger charge is 2.21. The number of carbonyl (C=O) groups is 1. The largest absolute Gasteiger partial charge is 0.548 e. The number of carboxylic acid groups (broad SMARTS) is 1. The van der Waals surface area contributed by atoms with Crippen LogP contribution in [0.3, 0.4) is 0 Å². The lowest BCUT2D eigenvalue weighted by Crippen LogP contribution is -2.33. The first-order chi connectivity index (χ1) is 12.0. The van der Waals surface area contributed by atoms with Gasteiger partial charge >= 0.3 is 0 Å². The van der Waals surface area contributed by atoms with Crippen molar-refractivity contribution >= 4 is 64.8 Å². The summed E-state index contributed by atoms with van der Waals surface area (Å²) in [7, 11) is 0. The minimum absolute atomic E-state index is 0.143. The Morgan fingerprint density at radius 3 is 3.00 bits per heavy atom. The molecule has 130 valence electrons. The zero-order valence-corrected chi connectivity index (χ0v) is 15.8. The van der Waals surface area contributed by atoms with Crippen molar-refractivity contribution in [3.05, 3.63) is 38.7 Å². The first-order valence-electron chi connectivity index (χ1n) is 7.52. The number of carboxylic acids is 1. The Kier molecular flexibility index (Phi) is 5.41. The summed E-state index contributed by atoms with van der Waals surface area (Å²) < 4.78 is 1.58. The molecule has 3 rings (SSSR count). The third-order valence-corrected chi connectivity index (χ3v) is 5.85. The van der Waals surface area contributed by atoms with Gasteiger partial charge < -0.3 is 15.0 Å². The number of aromatic nitrogens is 1. The van der Waals surface area contributed by atoms with Gasteiger partial charge in [0.15, 0.2) is 3.95 Å². The minimum Gasteiger partial charge on any atom is -0.548 e. The number of allylic oxidation sites excluding steroid dienone is 1. The fourth-order valence-corrected chi connectivity index (χ4v) is 4.46. The Morgan fingerprint density at radius 1 is 1.52 bits per heavy atom. The first-order valence-corrected chi connectivity index (χ1v) is 10.1. The number of fused-ring (bicyclic) bond motifs is 1. The van der Waals surface area contributed by atoms with Gasteiger partial charge in [0.1, 0.15) is 0 Å². The van der Waals surface area contributed by atoms with Crippen LogP contribution < -0.4 is 5.11 Å². The second-order valence-corrected chi connectivity index (χ2v) is 8.08. The van der Waals surface area contributed by atoms with Crippen LogP contribution in [0, 0.1) is 3.95 Å². The molecule has 0 amide bonds. The van der Waals surface area contributed by atoms with E-state index in [1.165, 1.54) is 27.7 Å². The summed E-state index contributed by atoms with van der Waals surface area (Å²) in [4.78, 5) is 16.3. The highest BCUT2D eigenvalue weighted by Crippen LogP contribution is 2.37. The molecule has 8 heteroatoms. The molecule has 0 aliphatic carbocycles. The third-order valence-electron chi connectivity index (χ3n) is 3.87. The molecule has 25 heavy (non-hydrogen) atoms. The van der Waals surface area contributed by atoms with Crippen LogP contribution in [0.4, 0.5) is 5.69 Å². The van der Waals surface area contributed by atoms with Crippen LogP contribution in [0.2, 0.25) is 0 Å². The van der Waals surface area contributed by atoms with E-state index in [2.05, 4.69) is 4.99 Å². The third kappa shape index (κ3) is 3.56. The Hall–Kier alpha value is -1.90. The number of aliphatic imine (C=N–C) groups is 1. The standard InChI is InChI=1S/C17H16N2O3S3/c1-24-7-6-13(16(21)22)19-15(20)14(25-17(19)23)8-10-9-18-12-5-3-2-4-11(10)12/h2-5,8-9,13,20H,6-7H2,1H3,(H,21,22)/p-1/b10-8+/t13-/m0/s1. The van der Waals surface area contributed by atoms with Crippen molar-refractivity contribution in [1.29, 1.82) is 0 Å². The van der Waals surface area contributed by atoms with Gasteiger partial charge in [0.2, 0.25) is 5.88 Å². The molecule has 1 aliphatic heterocycles. The predicted molar refractivity (Wildman–Crippen MR) is 104 cm³/mol. The van der Waals surface area contributed by atoms with Crippen molar-refractivity contribution in [3.8, 4) is 5.88 Å². The summed E-state index contributed by atoms with van der Waals surface area (Å²) in [6.07, 6.45) is 5.73. The molecule has 1 aromatic heterocycles. The molecular formula is C17H15N2O3S3-. The van der Waals surface area contributed by atoms with Gasteiger partial charge in [-0.15, -0.1) is 11.3 Å². The zero-order chi connectivity index (χ0) is 18.0. The fraction of sp³-hybridized carbons (Fsp3) is 0.235. The summed E-state index contributed by atoms with van der Waals surface area (Å²) in [5, 5.41) is 22.1. The molecule has 2 aromatic rings. The van der Waals surface area contributed by atoms with Crippen molar-refractivity contribution in [2.45, 2.75) is 12.5 Å². The second kappa shape index (κ2) is 7.55. The predicted octanol–water partition coefficient (Wildman–Crippen LogP) is 3.29. The van der Waals surface area contributed by atoms with Crippen molar-refractivity contribution in [3.63, 3.8) is 0 Å². The number of thiazole rings is 1. The monoisotopic (exact) mass is 391 g/mol. The average molecular weight is 392 g/mol. The number of aromatic hydroxyl groups is 1. The van der Waals surface area contributed by atoms with Gasteiger partial charge in [-0.1, -0.05) is 18.2 Å². The molecule has 0 saturated carbocycles. The molecule has 0 unspecified atom stereocenters. The highest BCUT2D eigenvalue weighted by atomic mass is 32.2. The molecule has 0 saturated heterocycles. The van der Waals surface area contributed by atoms with E-state index in [0.717, 1.165) is 16.8 Å². The topological polar surface area (TPSA) is 77.6 Å². The number of hydrogen-bond acceptors (Lipinski definition) is 7. The van der Waals surface area contributed by atoms with E-state index in [4.69, 9.17) is 12.2 Å². The number of carbonyl (C=O) groups excluding carboxylic acids is 1. The van der Waals surface area contributed by atoms with Crippen LogP contribution in [0.1, 0.15) is 22.9 Å². The molecular weight excluding hydrogens is 376 g/mol. The van der Waals surface area contributed by atoms with E-state index in [1.807, 2.05) is 30.5 Å². The number of para-hydroxylation sites is 1. The minimum atomic E-state index is -1.25. The lowest BCUT2D eigenvalue weighted by atomic mass is 10.1. The number of hydrogen-bond donors (Lipinski definition) is 1. The number of rotatable bonds is 6. The molecule has 1 atom stereocenters. The second-order valence-electron chi connectivity index (χ2n) is 5.42. The van der Waals surface area contributed by atoms with Gasteiger partial charge in [0.05, 0.1) is 22.6 Å². The molecule has 0 radical (unpaired) electrons. The number of benzene rings is 1. The Balaban J connectivity index is 2.01. The van der Waals surface area contributed by atoms with Crippen LogP contribution in [0.25, 0.3) is 11.6 Å². The Bertz CT molecular complexity index is 927. The maximum absolute atomic E-state index is 11.5. The Labute approximate surface area is 158 Å². The average Bonchev–Trinajstić information content (AvgIpc) is 3.11. The van der Waals surface area contributed by atoms with Crippen molar-refractivity contribution in [2.75, 3.05) is 12.0 Å². The zero-order valence-electron chi connectivity index (χ0n) is 13.3.